The molecule has 0 saturated heterocycles. The molecule has 0 aromatic carbocycles. The number of carbonyl (C=O) groups excluding carboxylic acids is 2. The first-order valence-electron chi connectivity index (χ1n) is 4.86. The molecule has 1 rings (SSSR count). The first-order valence-corrected chi connectivity index (χ1v) is 4.86. The van der Waals surface area contributed by atoms with Gasteiger partial charge in [0.25, 0.3) is 0 Å². The van der Waals surface area contributed by atoms with E-state index in [2.05, 4.69) is 15.0 Å². The van der Waals surface area contributed by atoms with Gasteiger partial charge in [0.15, 0.2) is 18.8 Å². The Balaban J connectivity index is 3.00. The van der Waals surface area contributed by atoms with Gasteiger partial charge in [-0.3, -0.25) is 9.59 Å². The Bertz CT molecular complexity index is 442. The minimum absolute atomic E-state index is 0.0837. The molecule has 7 heteroatoms. The number of nitrogens with zero attached hydrogens (tertiary/aromatic N) is 4. The van der Waals surface area contributed by atoms with Crippen LogP contribution < -0.4 is 4.74 Å². The molecule has 1 unspecified atom stereocenters. The van der Waals surface area contributed by atoms with Crippen molar-refractivity contribution in [1.82, 2.24) is 4.98 Å². The topological polar surface area (TPSA) is 105 Å². The third kappa shape index (κ3) is 3.58. The molecule has 0 spiro atoms. The molecule has 1 atom stereocenters. The average Bonchev–Trinajstić information content (AvgIpc) is 2.37. The van der Waals surface area contributed by atoms with E-state index >= 15 is 0 Å². The van der Waals surface area contributed by atoms with Crippen molar-refractivity contribution in [3.8, 4) is 5.75 Å². The summed E-state index contributed by atoms with van der Waals surface area (Å²) in [5.41, 5.74) is 8.47. The third-order valence-corrected chi connectivity index (χ3v) is 1.88. The largest absolute Gasteiger partial charge is 0.484 e. The molecule has 0 aliphatic heterocycles. The highest BCUT2D eigenvalue weighted by atomic mass is 16.5. The molecule has 1 aromatic heterocycles. The molecule has 0 saturated carbocycles. The van der Waals surface area contributed by atoms with Crippen LogP contribution in [0, 0.1) is 0 Å². The normalized spacial score (nSPS) is 11.1. The van der Waals surface area contributed by atoms with E-state index in [0.717, 1.165) is 0 Å². The second-order valence-electron chi connectivity index (χ2n) is 3.07. The van der Waals surface area contributed by atoms with Crippen molar-refractivity contribution < 1.29 is 14.3 Å². The highest BCUT2D eigenvalue weighted by Gasteiger charge is 2.08. The highest BCUT2D eigenvalue weighted by Crippen LogP contribution is 2.16. The van der Waals surface area contributed by atoms with Gasteiger partial charge in [0.1, 0.15) is 17.1 Å². The van der Waals surface area contributed by atoms with E-state index in [1.54, 1.807) is 6.92 Å². The number of hydrogen-bond donors (Lipinski definition) is 0. The lowest BCUT2D eigenvalue weighted by molar-refractivity contribution is 0.111. The molecule has 0 aliphatic carbocycles. The van der Waals surface area contributed by atoms with Crippen LogP contribution in [0.15, 0.2) is 17.2 Å². The quantitative estimate of drug-likeness (QED) is 0.325. The van der Waals surface area contributed by atoms with Gasteiger partial charge in [0, 0.05) is 17.0 Å². The van der Waals surface area contributed by atoms with Crippen LogP contribution in [0.1, 0.15) is 34.3 Å². The number of hydrogen-bond acceptors (Lipinski definition) is 5. The smallest absolute Gasteiger partial charge is 0.177 e. The van der Waals surface area contributed by atoms with Crippen LogP contribution in [0.4, 0.5) is 0 Å². The number of rotatable bonds is 6. The summed E-state index contributed by atoms with van der Waals surface area (Å²) in [6, 6.07) is 2.74. The molecular formula is C10H10N4O3. The second kappa shape index (κ2) is 6.24. The van der Waals surface area contributed by atoms with Crippen molar-refractivity contribution in [2.24, 2.45) is 5.11 Å². The number of ether oxygens (including phenoxy) is 1. The molecule has 0 bridgehead atoms. The molecule has 1 aromatic rings. The van der Waals surface area contributed by atoms with E-state index in [9.17, 15) is 9.59 Å². The number of carbonyl (C=O) groups is 2. The molecule has 88 valence electrons. The average molecular weight is 234 g/mol. The fourth-order valence-corrected chi connectivity index (χ4v) is 1.14. The van der Waals surface area contributed by atoms with Gasteiger partial charge in [-0.1, -0.05) is 6.92 Å². The SMILES string of the molecule is CCC(N=[N+]=[N-])Oc1cc(C=O)nc(C=O)c1. The van der Waals surface area contributed by atoms with Crippen molar-refractivity contribution in [1.29, 1.82) is 0 Å². The Morgan fingerprint density at radius 3 is 2.47 bits per heavy atom. The lowest BCUT2D eigenvalue weighted by Crippen LogP contribution is -2.12. The van der Waals surface area contributed by atoms with Gasteiger partial charge < -0.3 is 4.74 Å². The Labute approximate surface area is 97.0 Å². The van der Waals surface area contributed by atoms with E-state index in [4.69, 9.17) is 10.3 Å². The summed E-state index contributed by atoms with van der Waals surface area (Å²) in [5, 5.41) is 3.41. The lowest BCUT2D eigenvalue weighted by atomic mass is 10.3. The molecule has 7 nitrogen and oxygen atoms in total. The van der Waals surface area contributed by atoms with Crippen molar-refractivity contribution in [2.75, 3.05) is 0 Å². The predicted octanol–water partition coefficient (Wildman–Crippen LogP) is 2.13. The van der Waals surface area contributed by atoms with E-state index in [-0.39, 0.29) is 17.1 Å². The van der Waals surface area contributed by atoms with Crippen molar-refractivity contribution in [2.45, 2.75) is 19.6 Å². The van der Waals surface area contributed by atoms with Crippen molar-refractivity contribution in [3.05, 3.63) is 34.0 Å². The van der Waals surface area contributed by atoms with Gasteiger partial charge in [-0.15, -0.1) is 0 Å². The zero-order chi connectivity index (χ0) is 12.7. The molecule has 0 radical (unpaired) electrons. The van der Waals surface area contributed by atoms with Crippen molar-refractivity contribution in [3.63, 3.8) is 0 Å². The summed E-state index contributed by atoms with van der Waals surface area (Å²) in [5.74, 6) is 0.267. The minimum atomic E-state index is -0.679. The monoisotopic (exact) mass is 234 g/mol. The predicted molar refractivity (Wildman–Crippen MR) is 58.9 cm³/mol. The van der Waals surface area contributed by atoms with Crippen LogP contribution in [0.3, 0.4) is 0 Å². The van der Waals surface area contributed by atoms with Gasteiger partial charge >= 0.3 is 0 Å². The Kier molecular flexibility index (Phi) is 4.65. The van der Waals surface area contributed by atoms with Crippen LogP contribution in [0.25, 0.3) is 10.4 Å². The first kappa shape index (κ1) is 12.7. The molecule has 0 aliphatic rings. The minimum Gasteiger partial charge on any atom is -0.484 e. The summed E-state index contributed by atoms with van der Waals surface area (Å²) in [4.78, 5) is 27.5. The van der Waals surface area contributed by atoms with Gasteiger partial charge in [0.05, 0.1) is 0 Å². The van der Waals surface area contributed by atoms with Crippen LogP contribution in [0.5, 0.6) is 5.75 Å². The molecule has 1 heterocycles. The molecule has 0 fully saturated rings. The lowest BCUT2D eigenvalue weighted by Gasteiger charge is -2.12. The molecular weight excluding hydrogens is 224 g/mol. The summed E-state index contributed by atoms with van der Waals surface area (Å²) in [6.07, 6.45) is 0.809. The zero-order valence-electron chi connectivity index (χ0n) is 9.11. The Hall–Kier alpha value is -2.40. The first-order chi connectivity index (χ1) is 8.23. The van der Waals surface area contributed by atoms with Crippen LogP contribution in [-0.4, -0.2) is 23.8 Å². The van der Waals surface area contributed by atoms with E-state index in [1.165, 1.54) is 12.1 Å². The van der Waals surface area contributed by atoms with E-state index < -0.39 is 6.23 Å². The molecule has 0 N–H and O–H groups in total. The van der Waals surface area contributed by atoms with Gasteiger partial charge in [-0.25, -0.2) is 4.98 Å². The fraction of sp³-hybridized carbons (Fsp3) is 0.300. The maximum absolute atomic E-state index is 10.6. The highest BCUT2D eigenvalue weighted by molar-refractivity contribution is 5.78. The van der Waals surface area contributed by atoms with Crippen LogP contribution in [-0.2, 0) is 0 Å². The van der Waals surface area contributed by atoms with Crippen LogP contribution >= 0.6 is 0 Å². The number of azide groups is 1. The number of pyridine rings is 1. The fourth-order valence-electron chi connectivity index (χ4n) is 1.14. The number of aromatic nitrogens is 1. The Morgan fingerprint density at radius 1 is 1.47 bits per heavy atom. The molecule has 17 heavy (non-hydrogen) atoms. The van der Waals surface area contributed by atoms with E-state index in [0.29, 0.717) is 19.0 Å². The maximum Gasteiger partial charge on any atom is 0.177 e. The summed E-state index contributed by atoms with van der Waals surface area (Å²) in [6.45, 7) is 1.78. The maximum atomic E-state index is 10.6. The molecule has 0 amide bonds. The van der Waals surface area contributed by atoms with Gasteiger partial charge in [-0.2, -0.15) is 0 Å². The summed E-state index contributed by atoms with van der Waals surface area (Å²) in [7, 11) is 0. The standard InChI is InChI=1S/C10H10N4O3/c1-2-10(13-14-11)17-9-3-7(5-15)12-8(4-9)6-16/h3-6,10H,2H2,1H3. The Morgan fingerprint density at radius 2 is 2.06 bits per heavy atom. The van der Waals surface area contributed by atoms with Crippen LogP contribution in [0.2, 0.25) is 0 Å². The van der Waals surface area contributed by atoms with E-state index in [1.807, 2.05) is 0 Å². The van der Waals surface area contributed by atoms with Gasteiger partial charge in [0.2, 0.25) is 0 Å². The summed E-state index contributed by atoms with van der Waals surface area (Å²) >= 11 is 0. The number of aldehydes is 2. The third-order valence-electron chi connectivity index (χ3n) is 1.88. The summed E-state index contributed by atoms with van der Waals surface area (Å²) < 4.78 is 5.31. The second-order valence-corrected chi connectivity index (χ2v) is 3.07. The van der Waals surface area contributed by atoms with Gasteiger partial charge in [-0.05, 0) is 17.1 Å². The zero-order valence-corrected chi connectivity index (χ0v) is 9.11. The van der Waals surface area contributed by atoms with Crippen molar-refractivity contribution >= 4 is 12.6 Å².